The number of thioether (sulfide) groups is 1. The van der Waals surface area contributed by atoms with Crippen LogP contribution in [0.2, 0.25) is 0 Å². The second-order valence-electron chi connectivity index (χ2n) is 4.96. The minimum Gasteiger partial charge on any atom is -0.302 e. The van der Waals surface area contributed by atoms with E-state index in [4.69, 9.17) is 0 Å². The van der Waals surface area contributed by atoms with E-state index in [0.717, 1.165) is 27.7 Å². The summed E-state index contributed by atoms with van der Waals surface area (Å²) in [6, 6.07) is 5.94. The second-order valence-corrected chi connectivity index (χ2v) is 5.90. The maximum Gasteiger partial charge on any atom is 0.191 e. The highest BCUT2D eigenvalue weighted by Crippen LogP contribution is 2.20. The summed E-state index contributed by atoms with van der Waals surface area (Å²) in [5, 5.41) is 8.92. The zero-order chi connectivity index (χ0) is 15.4. The molecule has 0 radical (unpaired) electrons. The van der Waals surface area contributed by atoms with E-state index in [9.17, 15) is 4.79 Å². The molecule has 2 rings (SSSR count). The fraction of sp³-hybridized carbons (Fsp3) is 0.312. The van der Waals surface area contributed by atoms with Gasteiger partial charge in [-0.05, 0) is 32.4 Å². The quantitative estimate of drug-likeness (QED) is 0.466. The molecule has 110 valence electrons. The number of hydrogen-bond donors (Lipinski definition) is 0. The van der Waals surface area contributed by atoms with Gasteiger partial charge in [-0.1, -0.05) is 35.5 Å². The van der Waals surface area contributed by atoms with Crippen molar-refractivity contribution in [1.82, 2.24) is 14.8 Å². The molecule has 0 saturated carbocycles. The van der Waals surface area contributed by atoms with E-state index >= 15 is 0 Å². The molecule has 4 nitrogen and oxygen atoms in total. The molecule has 0 aliphatic rings. The molecule has 0 bridgehead atoms. The van der Waals surface area contributed by atoms with Gasteiger partial charge in [-0.15, -0.1) is 16.8 Å². The molecule has 5 heteroatoms. The maximum atomic E-state index is 12.4. The molecule has 1 aromatic carbocycles. The first kappa shape index (κ1) is 15.5. The summed E-state index contributed by atoms with van der Waals surface area (Å²) in [6.07, 6.45) is 1.80. The van der Waals surface area contributed by atoms with E-state index < -0.39 is 0 Å². The van der Waals surface area contributed by atoms with Crippen LogP contribution in [0.1, 0.15) is 27.3 Å². The third kappa shape index (κ3) is 3.61. The smallest absolute Gasteiger partial charge is 0.191 e. The number of Topliss-reactive ketones (excluding diaryl/α,β-unsaturated/α-hetero) is 1. The molecular weight excluding hydrogens is 282 g/mol. The lowest BCUT2D eigenvalue weighted by Crippen LogP contribution is -2.07. The molecule has 0 saturated heterocycles. The maximum absolute atomic E-state index is 12.4. The highest BCUT2D eigenvalue weighted by atomic mass is 32.2. The van der Waals surface area contributed by atoms with Gasteiger partial charge in [-0.25, -0.2) is 0 Å². The van der Waals surface area contributed by atoms with Crippen LogP contribution in [-0.2, 0) is 6.54 Å². The van der Waals surface area contributed by atoms with Gasteiger partial charge in [0.15, 0.2) is 10.9 Å². The Hall–Kier alpha value is -1.88. The lowest BCUT2D eigenvalue weighted by Gasteiger charge is -2.07. The standard InChI is InChI=1S/C16H19N3OS/c1-5-8-19-13(4)17-18-16(19)21-10-15(20)14-9-11(2)6-7-12(14)3/h5-7,9H,1,8,10H2,2-4H3. The van der Waals surface area contributed by atoms with Crippen molar-refractivity contribution in [2.45, 2.75) is 32.5 Å². The molecule has 1 heterocycles. The Bertz CT molecular complexity index is 676. The van der Waals surface area contributed by atoms with Gasteiger partial charge in [0.05, 0.1) is 5.75 Å². The van der Waals surface area contributed by atoms with Crippen molar-refractivity contribution in [1.29, 1.82) is 0 Å². The van der Waals surface area contributed by atoms with Crippen molar-refractivity contribution in [2.24, 2.45) is 0 Å². The Morgan fingerprint density at radius 3 is 2.81 bits per heavy atom. The molecule has 0 atom stereocenters. The average Bonchev–Trinajstić information content (AvgIpc) is 2.80. The van der Waals surface area contributed by atoms with Gasteiger partial charge < -0.3 is 4.57 Å². The third-order valence-electron chi connectivity index (χ3n) is 3.24. The Kier molecular flexibility index (Phi) is 4.96. The molecule has 0 amide bonds. The van der Waals surface area contributed by atoms with Gasteiger partial charge >= 0.3 is 0 Å². The first-order chi connectivity index (χ1) is 10.0. The monoisotopic (exact) mass is 301 g/mol. The van der Waals surface area contributed by atoms with Crippen LogP contribution < -0.4 is 0 Å². The average molecular weight is 301 g/mol. The molecule has 0 N–H and O–H groups in total. The van der Waals surface area contributed by atoms with Crippen molar-refractivity contribution in [3.05, 3.63) is 53.4 Å². The van der Waals surface area contributed by atoms with Gasteiger partial charge in [0.1, 0.15) is 5.82 Å². The second kappa shape index (κ2) is 6.72. The van der Waals surface area contributed by atoms with Crippen molar-refractivity contribution in [3.63, 3.8) is 0 Å². The number of nitrogens with zero attached hydrogens (tertiary/aromatic N) is 3. The van der Waals surface area contributed by atoms with Gasteiger partial charge in [0, 0.05) is 12.1 Å². The zero-order valence-corrected chi connectivity index (χ0v) is 13.4. The summed E-state index contributed by atoms with van der Waals surface area (Å²) in [5.74, 6) is 1.31. The number of benzene rings is 1. The van der Waals surface area contributed by atoms with Crippen molar-refractivity contribution in [3.8, 4) is 0 Å². The largest absolute Gasteiger partial charge is 0.302 e. The highest BCUT2D eigenvalue weighted by Gasteiger charge is 2.13. The van der Waals surface area contributed by atoms with E-state index in [1.807, 2.05) is 43.5 Å². The summed E-state index contributed by atoms with van der Waals surface area (Å²) in [7, 11) is 0. The lowest BCUT2D eigenvalue weighted by molar-refractivity contribution is 0.102. The molecular formula is C16H19N3OS. The van der Waals surface area contributed by atoms with E-state index in [1.54, 1.807) is 6.08 Å². The molecule has 0 unspecified atom stereocenters. The Labute approximate surface area is 129 Å². The van der Waals surface area contributed by atoms with Crippen LogP contribution in [0.25, 0.3) is 0 Å². The van der Waals surface area contributed by atoms with Crippen LogP contribution in [0.5, 0.6) is 0 Å². The first-order valence-electron chi connectivity index (χ1n) is 6.77. The summed E-state index contributed by atoms with van der Waals surface area (Å²) >= 11 is 1.42. The van der Waals surface area contributed by atoms with Gasteiger partial charge in [-0.2, -0.15) is 0 Å². The van der Waals surface area contributed by atoms with Crippen molar-refractivity contribution < 1.29 is 4.79 Å². The summed E-state index contributed by atoms with van der Waals surface area (Å²) in [6.45, 7) is 10.2. The molecule has 2 aromatic rings. The number of rotatable bonds is 6. The molecule has 0 spiro atoms. The van der Waals surface area contributed by atoms with Crippen LogP contribution in [0.3, 0.4) is 0 Å². The summed E-state index contributed by atoms with van der Waals surface area (Å²) in [4.78, 5) is 12.4. The number of aromatic nitrogens is 3. The van der Waals surface area contributed by atoms with E-state index in [2.05, 4.69) is 16.8 Å². The fourth-order valence-electron chi connectivity index (χ4n) is 2.05. The molecule has 0 aliphatic heterocycles. The van der Waals surface area contributed by atoms with Crippen LogP contribution >= 0.6 is 11.8 Å². The third-order valence-corrected chi connectivity index (χ3v) is 4.21. The lowest BCUT2D eigenvalue weighted by atomic mass is 10.0. The number of carbonyl (C=O) groups is 1. The highest BCUT2D eigenvalue weighted by molar-refractivity contribution is 7.99. The van der Waals surface area contributed by atoms with Crippen LogP contribution in [0, 0.1) is 20.8 Å². The molecule has 0 aliphatic carbocycles. The SMILES string of the molecule is C=CCn1c(C)nnc1SCC(=O)c1cc(C)ccc1C. The van der Waals surface area contributed by atoms with Crippen molar-refractivity contribution >= 4 is 17.5 Å². The van der Waals surface area contributed by atoms with Crippen LogP contribution in [0.4, 0.5) is 0 Å². The summed E-state index contributed by atoms with van der Waals surface area (Å²) < 4.78 is 1.95. The number of hydrogen-bond acceptors (Lipinski definition) is 4. The Morgan fingerprint density at radius 1 is 1.33 bits per heavy atom. The molecule has 1 aromatic heterocycles. The number of aryl methyl sites for hydroxylation is 3. The Morgan fingerprint density at radius 2 is 2.10 bits per heavy atom. The molecule has 0 fully saturated rings. The number of ketones is 1. The normalized spacial score (nSPS) is 10.6. The first-order valence-corrected chi connectivity index (χ1v) is 7.75. The number of carbonyl (C=O) groups excluding carboxylic acids is 1. The predicted molar refractivity (Wildman–Crippen MR) is 85.9 cm³/mol. The predicted octanol–water partition coefficient (Wildman–Crippen LogP) is 3.36. The fourth-order valence-corrected chi connectivity index (χ4v) is 2.93. The minimum absolute atomic E-state index is 0.118. The van der Waals surface area contributed by atoms with Crippen molar-refractivity contribution in [2.75, 3.05) is 5.75 Å². The number of allylic oxidation sites excluding steroid dienone is 1. The van der Waals surface area contributed by atoms with Crippen LogP contribution in [-0.4, -0.2) is 26.3 Å². The topological polar surface area (TPSA) is 47.8 Å². The van der Waals surface area contributed by atoms with Crippen LogP contribution in [0.15, 0.2) is 36.0 Å². The van der Waals surface area contributed by atoms with Gasteiger partial charge in [0.25, 0.3) is 0 Å². The molecule has 21 heavy (non-hydrogen) atoms. The van der Waals surface area contributed by atoms with Gasteiger partial charge in [-0.3, -0.25) is 4.79 Å². The van der Waals surface area contributed by atoms with E-state index in [-0.39, 0.29) is 5.78 Å². The van der Waals surface area contributed by atoms with Gasteiger partial charge in [0.2, 0.25) is 0 Å². The Balaban J connectivity index is 2.11. The van der Waals surface area contributed by atoms with E-state index in [1.165, 1.54) is 11.8 Å². The zero-order valence-electron chi connectivity index (χ0n) is 12.6. The summed E-state index contributed by atoms with van der Waals surface area (Å²) in [5.41, 5.74) is 2.89. The minimum atomic E-state index is 0.118. The van der Waals surface area contributed by atoms with E-state index in [0.29, 0.717) is 12.3 Å².